The summed E-state index contributed by atoms with van der Waals surface area (Å²) in [6.07, 6.45) is 7.52. The Balaban J connectivity index is 1.55. The molecule has 1 heterocycles. The highest BCUT2D eigenvalue weighted by Crippen LogP contribution is 2.30. The van der Waals surface area contributed by atoms with Crippen molar-refractivity contribution < 1.29 is 5.11 Å². The van der Waals surface area contributed by atoms with E-state index in [0.29, 0.717) is 18.4 Å². The lowest BCUT2D eigenvalue weighted by Crippen LogP contribution is -2.32. The first kappa shape index (κ1) is 14.9. The third-order valence-electron chi connectivity index (χ3n) is 5.18. The van der Waals surface area contributed by atoms with Gasteiger partial charge in [0, 0.05) is 25.4 Å². The van der Waals surface area contributed by atoms with Crippen molar-refractivity contribution in [2.24, 2.45) is 11.8 Å². The average Bonchev–Trinajstić information content (AvgIpc) is 2.55. The molecule has 3 heteroatoms. The van der Waals surface area contributed by atoms with Crippen LogP contribution in [0.2, 0.25) is 0 Å². The van der Waals surface area contributed by atoms with Gasteiger partial charge in [0.25, 0.3) is 0 Å². The molecule has 1 aromatic carbocycles. The van der Waals surface area contributed by atoms with Crippen LogP contribution in [0.25, 0.3) is 0 Å². The van der Waals surface area contributed by atoms with Gasteiger partial charge >= 0.3 is 0 Å². The first-order chi connectivity index (χ1) is 10.4. The Bertz CT molecular complexity index is 461. The zero-order valence-corrected chi connectivity index (χ0v) is 12.9. The number of aliphatic hydroxyl groups excluding tert-OH is 1. The maximum Gasteiger partial charge on any atom is 0.0462 e. The van der Waals surface area contributed by atoms with Crippen LogP contribution in [-0.2, 0) is 13.0 Å². The summed E-state index contributed by atoms with van der Waals surface area (Å²) in [6.45, 7) is 3.42. The Labute approximate surface area is 128 Å². The molecule has 1 saturated carbocycles. The molecule has 3 rings (SSSR count). The summed E-state index contributed by atoms with van der Waals surface area (Å²) < 4.78 is 0. The smallest absolute Gasteiger partial charge is 0.0462 e. The molecule has 0 saturated heterocycles. The third-order valence-corrected chi connectivity index (χ3v) is 5.18. The maximum atomic E-state index is 9.50. The number of rotatable bonds is 5. The van der Waals surface area contributed by atoms with Crippen molar-refractivity contribution in [3.63, 3.8) is 0 Å². The van der Waals surface area contributed by atoms with Crippen LogP contribution in [0.5, 0.6) is 0 Å². The van der Waals surface area contributed by atoms with Gasteiger partial charge < -0.3 is 15.7 Å². The lowest BCUT2D eigenvalue weighted by molar-refractivity contribution is 0.133. The monoisotopic (exact) mass is 288 g/mol. The molecule has 3 nitrogen and oxygen atoms in total. The minimum Gasteiger partial charge on any atom is -0.396 e. The molecule has 2 aliphatic rings. The number of para-hydroxylation sites is 1. The van der Waals surface area contributed by atoms with Gasteiger partial charge in [-0.15, -0.1) is 0 Å². The molecule has 1 aliphatic carbocycles. The second-order valence-electron chi connectivity index (χ2n) is 6.60. The number of aliphatic hydroxyl groups is 1. The molecule has 1 fully saturated rings. The highest BCUT2D eigenvalue weighted by molar-refractivity contribution is 5.59. The number of benzene rings is 1. The van der Waals surface area contributed by atoms with E-state index in [1.165, 1.54) is 55.3 Å². The molecule has 3 N–H and O–H groups in total. The summed E-state index contributed by atoms with van der Waals surface area (Å²) in [7, 11) is 0. The van der Waals surface area contributed by atoms with Gasteiger partial charge in [-0.3, -0.25) is 0 Å². The van der Waals surface area contributed by atoms with Crippen molar-refractivity contribution in [3.8, 4) is 0 Å². The Morgan fingerprint density at radius 2 is 2.00 bits per heavy atom. The Kier molecular flexibility index (Phi) is 5.15. The summed E-state index contributed by atoms with van der Waals surface area (Å²) in [6, 6.07) is 6.66. The highest BCUT2D eigenvalue weighted by atomic mass is 16.3. The van der Waals surface area contributed by atoms with E-state index in [1.807, 2.05) is 0 Å². The van der Waals surface area contributed by atoms with Crippen LogP contribution >= 0.6 is 0 Å². The fourth-order valence-corrected chi connectivity index (χ4v) is 3.91. The number of aryl methyl sites for hydroxylation is 1. The van der Waals surface area contributed by atoms with Gasteiger partial charge in [-0.25, -0.2) is 0 Å². The molecule has 0 radical (unpaired) electrons. The van der Waals surface area contributed by atoms with Gasteiger partial charge in [0.15, 0.2) is 0 Å². The van der Waals surface area contributed by atoms with Crippen molar-refractivity contribution in [1.82, 2.24) is 5.32 Å². The van der Waals surface area contributed by atoms with Crippen LogP contribution in [-0.4, -0.2) is 24.8 Å². The molecular formula is C18H28N2O. The minimum absolute atomic E-state index is 0.356. The predicted molar refractivity (Wildman–Crippen MR) is 87.5 cm³/mol. The fourth-order valence-electron chi connectivity index (χ4n) is 3.91. The zero-order chi connectivity index (χ0) is 14.5. The number of hydrogen-bond acceptors (Lipinski definition) is 3. The standard InChI is InChI=1S/C18H28N2O/c21-13-17-6-2-1-5-15(17)11-19-12-16-8-3-7-14-9-4-10-20-18(14)16/h3,7-8,15,17,19-21H,1-2,4-6,9-13H2. The van der Waals surface area contributed by atoms with E-state index in [2.05, 4.69) is 28.8 Å². The Morgan fingerprint density at radius 3 is 2.86 bits per heavy atom. The zero-order valence-electron chi connectivity index (χ0n) is 12.9. The van der Waals surface area contributed by atoms with E-state index in [-0.39, 0.29) is 0 Å². The van der Waals surface area contributed by atoms with Crippen molar-refractivity contribution >= 4 is 5.69 Å². The number of fused-ring (bicyclic) bond motifs is 1. The van der Waals surface area contributed by atoms with Gasteiger partial charge in [0.05, 0.1) is 0 Å². The first-order valence-electron chi connectivity index (χ1n) is 8.54. The quantitative estimate of drug-likeness (QED) is 0.780. The molecule has 1 aliphatic heterocycles. The number of hydrogen-bond donors (Lipinski definition) is 3. The molecular weight excluding hydrogens is 260 g/mol. The topological polar surface area (TPSA) is 44.3 Å². The maximum absolute atomic E-state index is 9.50. The van der Waals surface area contributed by atoms with E-state index in [1.54, 1.807) is 0 Å². The van der Waals surface area contributed by atoms with Gasteiger partial charge in [0.2, 0.25) is 0 Å². The van der Waals surface area contributed by atoms with Gasteiger partial charge in [-0.1, -0.05) is 31.0 Å². The predicted octanol–water partition coefficient (Wildman–Crippen LogP) is 2.93. The van der Waals surface area contributed by atoms with Crippen LogP contribution in [0.15, 0.2) is 18.2 Å². The van der Waals surface area contributed by atoms with E-state index in [4.69, 9.17) is 0 Å². The highest BCUT2D eigenvalue weighted by Gasteiger charge is 2.24. The van der Waals surface area contributed by atoms with E-state index < -0.39 is 0 Å². The van der Waals surface area contributed by atoms with Gasteiger partial charge in [-0.2, -0.15) is 0 Å². The molecule has 116 valence electrons. The molecule has 0 spiro atoms. The summed E-state index contributed by atoms with van der Waals surface area (Å²) >= 11 is 0. The second-order valence-corrected chi connectivity index (χ2v) is 6.60. The lowest BCUT2D eigenvalue weighted by Gasteiger charge is -2.30. The average molecular weight is 288 g/mol. The van der Waals surface area contributed by atoms with Crippen molar-refractivity contribution in [1.29, 1.82) is 0 Å². The van der Waals surface area contributed by atoms with Crippen LogP contribution in [0, 0.1) is 11.8 Å². The minimum atomic E-state index is 0.356. The Hall–Kier alpha value is -1.06. The summed E-state index contributed by atoms with van der Waals surface area (Å²) in [5.41, 5.74) is 4.22. The van der Waals surface area contributed by atoms with E-state index in [9.17, 15) is 5.11 Å². The summed E-state index contributed by atoms with van der Waals surface area (Å²) in [4.78, 5) is 0. The van der Waals surface area contributed by atoms with Gasteiger partial charge in [-0.05, 0) is 55.2 Å². The molecule has 21 heavy (non-hydrogen) atoms. The van der Waals surface area contributed by atoms with Crippen LogP contribution in [0.4, 0.5) is 5.69 Å². The van der Waals surface area contributed by atoms with E-state index in [0.717, 1.165) is 19.6 Å². The number of anilines is 1. The fraction of sp³-hybridized carbons (Fsp3) is 0.667. The second kappa shape index (κ2) is 7.28. The normalized spacial score (nSPS) is 25.2. The molecule has 0 amide bonds. The largest absolute Gasteiger partial charge is 0.396 e. The number of nitrogens with one attached hydrogen (secondary N) is 2. The van der Waals surface area contributed by atoms with Crippen LogP contribution in [0.3, 0.4) is 0 Å². The lowest BCUT2D eigenvalue weighted by atomic mass is 9.79. The van der Waals surface area contributed by atoms with Gasteiger partial charge in [0.1, 0.15) is 0 Å². The third kappa shape index (κ3) is 3.58. The SMILES string of the molecule is OCC1CCCCC1CNCc1cccc2c1NCCC2. The molecule has 0 aromatic heterocycles. The van der Waals surface area contributed by atoms with E-state index >= 15 is 0 Å². The molecule has 2 unspecified atom stereocenters. The molecule has 2 atom stereocenters. The summed E-state index contributed by atoms with van der Waals surface area (Å²) in [5, 5.41) is 16.7. The van der Waals surface area contributed by atoms with Crippen molar-refractivity contribution in [2.75, 3.05) is 25.0 Å². The first-order valence-corrected chi connectivity index (χ1v) is 8.54. The Morgan fingerprint density at radius 1 is 1.14 bits per heavy atom. The summed E-state index contributed by atoms with van der Waals surface area (Å²) in [5.74, 6) is 1.16. The molecule has 1 aromatic rings. The molecule has 0 bridgehead atoms. The van der Waals surface area contributed by atoms with Crippen molar-refractivity contribution in [2.45, 2.75) is 45.1 Å². The van der Waals surface area contributed by atoms with Crippen LogP contribution < -0.4 is 10.6 Å². The van der Waals surface area contributed by atoms with Crippen LogP contribution in [0.1, 0.15) is 43.2 Å². The van der Waals surface area contributed by atoms with Crippen molar-refractivity contribution in [3.05, 3.63) is 29.3 Å².